The molecular weight excluding hydrogens is 507 g/mol. The van der Waals surface area contributed by atoms with Crippen LogP contribution in [0.1, 0.15) is 42.7 Å². The van der Waals surface area contributed by atoms with Gasteiger partial charge in [-0.15, -0.1) is 0 Å². The van der Waals surface area contributed by atoms with Gasteiger partial charge in [0.15, 0.2) is 0 Å². The molecule has 5 nitrogen and oxygen atoms in total. The SMILES string of the molecule is O=C(O)C(C1CCN(C(=O)/C=C/c2ccc(Cl)c(Cl)c2)CC1)N1CCC(c2ccc(Cl)cc2)CC1. The minimum atomic E-state index is -0.765. The summed E-state index contributed by atoms with van der Waals surface area (Å²) >= 11 is 18.0. The van der Waals surface area contributed by atoms with Crippen LogP contribution in [0.3, 0.4) is 0 Å². The molecule has 2 aliphatic rings. The van der Waals surface area contributed by atoms with E-state index >= 15 is 0 Å². The van der Waals surface area contributed by atoms with Gasteiger partial charge in [0, 0.05) is 24.2 Å². The van der Waals surface area contributed by atoms with E-state index in [0.29, 0.717) is 41.9 Å². The average Bonchev–Trinajstić information content (AvgIpc) is 2.86. The summed E-state index contributed by atoms with van der Waals surface area (Å²) in [5.74, 6) is -0.383. The van der Waals surface area contributed by atoms with Gasteiger partial charge in [-0.3, -0.25) is 14.5 Å². The second-order valence-electron chi connectivity index (χ2n) is 9.31. The van der Waals surface area contributed by atoms with Gasteiger partial charge in [0.05, 0.1) is 10.0 Å². The number of piperidine rings is 2. The predicted molar refractivity (Wildman–Crippen MR) is 141 cm³/mol. The minimum Gasteiger partial charge on any atom is -0.480 e. The first kappa shape index (κ1) is 26.0. The van der Waals surface area contributed by atoms with Gasteiger partial charge in [-0.25, -0.2) is 0 Å². The van der Waals surface area contributed by atoms with E-state index in [0.717, 1.165) is 36.5 Å². The van der Waals surface area contributed by atoms with Crippen molar-refractivity contribution in [3.8, 4) is 0 Å². The van der Waals surface area contributed by atoms with E-state index in [1.54, 1.807) is 29.2 Å². The van der Waals surface area contributed by atoms with E-state index < -0.39 is 12.0 Å². The summed E-state index contributed by atoms with van der Waals surface area (Å²) in [6.45, 7) is 2.63. The molecule has 2 fully saturated rings. The number of hydrogen-bond acceptors (Lipinski definition) is 3. The average molecular weight is 536 g/mol. The molecule has 186 valence electrons. The van der Waals surface area contributed by atoms with Crippen LogP contribution >= 0.6 is 34.8 Å². The zero-order valence-electron chi connectivity index (χ0n) is 19.4. The van der Waals surface area contributed by atoms with Crippen molar-refractivity contribution in [3.63, 3.8) is 0 Å². The molecule has 8 heteroatoms. The number of amides is 1. The topological polar surface area (TPSA) is 60.9 Å². The van der Waals surface area contributed by atoms with Crippen molar-refractivity contribution in [2.75, 3.05) is 26.2 Å². The first-order valence-corrected chi connectivity index (χ1v) is 13.1. The Bertz CT molecular complexity index is 1070. The quantitative estimate of drug-likeness (QED) is 0.445. The highest BCUT2D eigenvalue weighted by atomic mass is 35.5. The predicted octanol–water partition coefficient (Wildman–Crippen LogP) is 6.23. The lowest BCUT2D eigenvalue weighted by atomic mass is 9.84. The molecule has 4 rings (SSSR count). The molecule has 0 radical (unpaired) electrons. The Labute approximate surface area is 221 Å². The molecule has 1 amide bonds. The summed E-state index contributed by atoms with van der Waals surface area (Å²) in [6, 6.07) is 12.7. The van der Waals surface area contributed by atoms with Gasteiger partial charge in [0.1, 0.15) is 6.04 Å². The largest absolute Gasteiger partial charge is 0.480 e. The lowest BCUT2D eigenvalue weighted by Gasteiger charge is -2.41. The molecule has 2 aromatic rings. The number of rotatable bonds is 6. The third kappa shape index (κ3) is 6.59. The number of nitrogens with zero attached hydrogens (tertiary/aromatic N) is 2. The molecule has 35 heavy (non-hydrogen) atoms. The van der Waals surface area contributed by atoms with Crippen LogP contribution in [0.2, 0.25) is 15.1 Å². The van der Waals surface area contributed by atoms with Gasteiger partial charge in [0.2, 0.25) is 5.91 Å². The lowest BCUT2D eigenvalue weighted by Crippen LogP contribution is -2.52. The summed E-state index contributed by atoms with van der Waals surface area (Å²) in [6.07, 6.45) is 6.49. The molecule has 0 spiro atoms. The molecule has 0 saturated carbocycles. The van der Waals surface area contributed by atoms with Crippen LogP contribution in [0.4, 0.5) is 0 Å². The van der Waals surface area contributed by atoms with E-state index in [9.17, 15) is 14.7 Å². The molecule has 0 bridgehead atoms. The fourth-order valence-corrected chi connectivity index (χ4v) is 5.66. The van der Waals surface area contributed by atoms with Crippen molar-refractivity contribution in [2.24, 2.45) is 5.92 Å². The number of carbonyl (C=O) groups excluding carboxylic acids is 1. The molecular formula is C27H29Cl3N2O3. The van der Waals surface area contributed by atoms with E-state index in [1.807, 2.05) is 12.1 Å². The third-order valence-electron chi connectivity index (χ3n) is 7.18. The van der Waals surface area contributed by atoms with Crippen LogP contribution in [-0.4, -0.2) is 59.0 Å². The standard InChI is InChI=1S/C27H29Cl3N2O3/c28-22-5-3-19(4-6-22)20-9-15-32(16-10-20)26(27(34)35)21-11-13-31(14-12-21)25(33)8-2-18-1-7-23(29)24(30)17-18/h1-8,17,20-21,26H,9-16H2,(H,34,35)/b8-2+. The number of hydrogen-bond donors (Lipinski definition) is 1. The molecule has 0 aromatic heterocycles. The van der Waals surface area contributed by atoms with Gasteiger partial charge in [-0.05, 0) is 92.1 Å². The van der Waals surface area contributed by atoms with Gasteiger partial charge < -0.3 is 10.0 Å². The van der Waals surface area contributed by atoms with Gasteiger partial charge >= 0.3 is 5.97 Å². The number of halogens is 3. The summed E-state index contributed by atoms with van der Waals surface area (Å²) in [4.78, 5) is 28.8. The van der Waals surface area contributed by atoms with Crippen LogP contribution in [-0.2, 0) is 9.59 Å². The first-order chi connectivity index (χ1) is 16.8. The number of benzene rings is 2. The van der Waals surface area contributed by atoms with E-state index in [-0.39, 0.29) is 11.8 Å². The summed E-state index contributed by atoms with van der Waals surface area (Å²) in [5, 5.41) is 11.7. The number of likely N-dealkylation sites (tertiary alicyclic amines) is 2. The van der Waals surface area contributed by atoms with E-state index in [4.69, 9.17) is 34.8 Å². The number of aliphatic carboxylic acids is 1. The molecule has 2 saturated heterocycles. The smallest absolute Gasteiger partial charge is 0.321 e. The van der Waals surface area contributed by atoms with Crippen molar-refractivity contribution in [2.45, 2.75) is 37.6 Å². The number of carbonyl (C=O) groups is 2. The Kier molecular flexibility index (Phi) is 8.77. The maximum atomic E-state index is 12.7. The Morgan fingerprint density at radius 2 is 1.54 bits per heavy atom. The number of carboxylic acid groups (broad SMARTS) is 1. The third-order valence-corrected chi connectivity index (χ3v) is 8.17. The minimum absolute atomic E-state index is 0.0303. The molecule has 1 atom stereocenters. The normalized spacial score (nSPS) is 19.2. The summed E-state index contributed by atoms with van der Waals surface area (Å²) < 4.78 is 0. The second kappa shape index (κ2) is 11.8. The number of carboxylic acids is 1. The molecule has 1 N–H and O–H groups in total. The second-order valence-corrected chi connectivity index (χ2v) is 10.6. The molecule has 2 aromatic carbocycles. The van der Waals surface area contributed by atoms with Crippen LogP contribution in [0.5, 0.6) is 0 Å². The maximum absolute atomic E-state index is 12.7. The Morgan fingerprint density at radius 1 is 0.886 bits per heavy atom. The van der Waals surface area contributed by atoms with Gasteiger partial charge in [-0.1, -0.05) is 53.0 Å². The first-order valence-electron chi connectivity index (χ1n) is 12.0. The summed E-state index contributed by atoms with van der Waals surface area (Å²) in [7, 11) is 0. The van der Waals surface area contributed by atoms with E-state index in [1.165, 1.54) is 11.6 Å². The maximum Gasteiger partial charge on any atom is 0.321 e. The monoisotopic (exact) mass is 534 g/mol. The van der Waals surface area contributed by atoms with Crippen molar-refractivity contribution < 1.29 is 14.7 Å². The highest BCUT2D eigenvalue weighted by Crippen LogP contribution is 2.33. The molecule has 1 unspecified atom stereocenters. The zero-order valence-corrected chi connectivity index (χ0v) is 21.6. The summed E-state index contributed by atoms with van der Waals surface area (Å²) in [5.41, 5.74) is 2.07. The lowest BCUT2D eigenvalue weighted by molar-refractivity contribution is -0.147. The van der Waals surface area contributed by atoms with Gasteiger partial charge in [0.25, 0.3) is 0 Å². The van der Waals surface area contributed by atoms with Crippen LogP contribution in [0, 0.1) is 5.92 Å². The van der Waals surface area contributed by atoms with E-state index in [2.05, 4.69) is 17.0 Å². The molecule has 0 aliphatic carbocycles. The Hall–Kier alpha value is -2.05. The van der Waals surface area contributed by atoms with Crippen molar-refractivity contribution in [1.82, 2.24) is 9.80 Å². The zero-order chi connectivity index (χ0) is 24.9. The van der Waals surface area contributed by atoms with Crippen molar-refractivity contribution in [1.29, 1.82) is 0 Å². The highest BCUT2D eigenvalue weighted by molar-refractivity contribution is 6.42. The van der Waals surface area contributed by atoms with Crippen LogP contribution in [0.25, 0.3) is 6.08 Å². The van der Waals surface area contributed by atoms with Crippen LogP contribution < -0.4 is 0 Å². The Balaban J connectivity index is 1.30. The molecule has 2 heterocycles. The van der Waals surface area contributed by atoms with Crippen molar-refractivity contribution in [3.05, 3.63) is 74.7 Å². The van der Waals surface area contributed by atoms with Gasteiger partial charge in [-0.2, -0.15) is 0 Å². The Morgan fingerprint density at radius 3 is 2.14 bits per heavy atom. The fourth-order valence-electron chi connectivity index (χ4n) is 5.23. The van der Waals surface area contributed by atoms with Crippen molar-refractivity contribution >= 4 is 52.8 Å². The fraction of sp³-hybridized carbons (Fsp3) is 0.407. The molecule has 2 aliphatic heterocycles. The highest BCUT2D eigenvalue weighted by Gasteiger charge is 2.38. The van der Waals surface area contributed by atoms with Crippen LogP contribution in [0.15, 0.2) is 48.5 Å².